The molecule has 0 saturated carbocycles. The molecule has 0 bridgehead atoms. The Morgan fingerprint density at radius 3 is 3.04 bits per heavy atom. The molecule has 4 rings (SSSR count). The molecule has 2 aromatic heterocycles. The fourth-order valence-electron chi connectivity index (χ4n) is 3.71. The van der Waals surface area contributed by atoms with E-state index in [-0.39, 0.29) is 17.6 Å². The Morgan fingerprint density at radius 1 is 1.39 bits per heavy atom. The number of rotatable bonds is 6. The SMILES string of the molecule is COCCn1ccc(C(=O)N2CC3(C[C@@H](Oc4cncc(C)n4)CCO3)C2)n1. The van der Waals surface area contributed by atoms with E-state index in [0.717, 1.165) is 18.5 Å². The summed E-state index contributed by atoms with van der Waals surface area (Å²) in [7, 11) is 1.64. The molecule has 9 nitrogen and oxygen atoms in total. The van der Waals surface area contributed by atoms with E-state index in [2.05, 4.69) is 15.1 Å². The second-order valence-corrected chi connectivity index (χ2v) is 7.38. The largest absolute Gasteiger partial charge is 0.473 e. The third-order valence-corrected chi connectivity index (χ3v) is 5.10. The molecule has 9 heteroatoms. The lowest BCUT2D eigenvalue weighted by molar-refractivity contribution is -0.174. The molecule has 150 valence electrons. The molecule has 0 unspecified atom stereocenters. The normalized spacial score (nSPS) is 20.8. The number of carbonyl (C=O) groups is 1. The second kappa shape index (κ2) is 7.84. The van der Waals surface area contributed by atoms with Gasteiger partial charge in [-0.2, -0.15) is 5.10 Å². The van der Waals surface area contributed by atoms with E-state index in [1.165, 1.54) is 0 Å². The Hall–Kier alpha value is -2.52. The van der Waals surface area contributed by atoms with Crippen molar-refractivity contribution < 1.29 is 19.0 Å². The van der Waals surface area contributed by atoms with Gasteiger partial charge >= 0.3 is 0 Å². The summed E-state index contributed by atoms with van der Waals surface area (Å²) in [5.74, 6) is 0.467. The van der Waals surface area contributed by atoms with Gasteiger partial charge in [0.25, 0.3) is 5.91 Å². The Balaban J connectivity index is 1.32. The van der Waals surface area contributed by atoms with Gasteiger partial charge in [0.1, 0.15) is 17.4 Å². The lowest BCUT2D eigenvalue weighted by Crippen LogP contribution is -2.67. The summed E-state index contributed by atoms with van der Waals surface area (Å²) in [4.78, 5) is 22.9. The van der Waals surface area contributed by atoms with Crippen molar-refractivity contribution in [1.29, 1.82) is 0 Å². The Bertz CT molecular complexity index is 833. The lowest BCUT2D eigenvalue weighted by atomic mass is 9.84. The van der Waals surface area contributed by atoms with Gasteiger partial charge in [-0.15, -0.1) is 0 Å². The number of nitrogens with zero attached hydrogens (tertiary/aromatic N) is 5. The van der Waals surface area contributed by atoms with Crippen molar-refractivity contribution in [2.75, 3.05) is 33.4 Å². The maximum absolute atomic E-state index is 12.7. The van der Waals surface area contributed by atoms with E-state index >= 15 is 0 Å². The van der Waals surface area contributed by atoms with Gasteiger partial charge in [0.05, 0.1) is 44.7 Å². The number of aryl methyl sites for hydroxylation is 1. The highest BCUT2D eigenvalue weighted by molar-refractivity contribution is 5.93. The van der Waals surface area contributed by atoms with Gasteiger partial charge in [0, 0.05) is 32.3 Å². The summed E-state index contributed by atoms with van der Waals surface area (Å²) in [5.41, 5.74) is 0.934. The van der Waals surface area contributed by atoms with Gasteiger partial charge < -0.3 is 19.1 Å². The standard InChI is InChI=1S/C19H25N5O4/c1-14-10-20-11-17(21-14)28-15-4-7-27-19(9-15)12-23(13-19)18(25)16-3-5-24(22-16)6-8-26-2/h3,5,10-11,15H,4,6-9,12-13H2,1-2H3/t15-/m0/s1. The minimum atomic E-state index is -0.339. The predicted molar refractivity (Wildman–Crippen MR) is 99.1 cm³/mol. The number of hydrogen-bond acceptors (Lipinski definition) is 7. The molecule has 2 aromatic rings. The summed E-state index contributed by atoms with van der Waals surface area (Å²) >= 11 is 0. The van der Waals surface area contributed by atoms with Crippen LogP contribution >= 0.6 is 0 Å². The molecule has 4 heterocycles. The first-order valence-electron chi connectivity index (χ1n) is 9.48. The first kappa shape index (κ1) is 18.8. The molecular formula is C19H25N5O4. The van der Waals surface area contributed by atoms with Crippen LogP contribution in [0.4, 0.5) is 0 Å². The van der Waals surface area contributed by atoms with Crippen LogP contribution in [0.5, 0.6) is 5.88 Å². The quantitative estimate of drug-likeness (QED) is 0.732. The van der Waals surface area contributed by atoms with E-state index in [1.54, 1.807) is 41.3 Å². The van der Waals surface area contributed by atoms with Gasteiger partial charge in [-0.25, -0.2) is 4.98 Å². The smallest absolute Gasteiger partial charge is 0.274 e. The molecule has 1 amide bonds. The van der Waals surface area contributed by atoms with Crippen molar-refractivity contribution >= 4 is 5.91 Å². The zero-order valence-corrected chi connectivity index (χ0v) is 16.2. The maximum atomic E-state index is 12.7. The number of hydrogen-bond donors (Lipinski definition) is 0. The van der Waals surface area contributed by atoms with Crippen molar-refractivity contribution in [3.63, 3.8) is 0 Å². The summed E-state index contributed by atoms with van der Waals surface area (Å²) in [6.45, 7) is 4.78. The minimum Gasteiger partial charge on any atom is -0.473 e. The molecule has 0 aromatic carbocycles. The lowest BCUT2D eigenvalue weighted by Gasteiger charge is -2.52. The van der Waals surface area contributed by atoms with Crippen LogP contribution in [0.3, 0.4) is 0 Å². The highest BCUT2D eigenvalue weighted by Gasteiger charge is 2.50. The molecule has 2 aliphatic rings. The van der Waals surface area contributed by atoms with Crippen LogP contribution in [0.2, 0.25) is 0 Å². The molecule has 2 saturated heterocycles. The highest BCUT2D eigenvalue weighted by Crippen LogP contribution is 2.36. The van der Waals surface area contributed by atoms with Crippen LogP contribution in [0.25, 0.3) is 0 Å². The van der Waals surface area contributed by atoms with Crippen molar-refractivity contribution in [1.82, 2.24) is 24.6 Å². The Kier molecular flexibility index (Phi) is 5.27. The van der Waals surface area contributed by atoms with Crippen molar-refractivity contribution in [2.45, 2.75) is 38.0 Å². The van der Waals surface area contributed by atoms with E-state index < -0.39 is 0 Å². The summed E-state index contributed by atoms with van der Waals surface area (Å²) in [6, 6.07) is 1.74. The molecule has 0 N–H and O–H groups in total. The Labute approximate surface area is 163 Å². The number of likely N-dealkylation sites (tertiary alicyclic amines) is 1. The van der Waals surface area contributed by atoms with Crippen LogP contribution in [-0.2, 0) is 16.0 Å². The monoisotopic (exact) mass is 387 g/mol. The molecule has 28 heavy (non-hydrogen) atoms. The first-order chi connectivity index (χ1) is 13.6. The molecule has 2 fully saturated rings. The van der Waals surface area contributed by atoms with Gasteiger partial charge in [0.15, 0.2) is 0 Å². The molecule has 1 atom stereocenters. The van der Waals surface area contributed by atoms with Crippen molar-refractivity contribution in [3.05, 3.63) is 36.0 Å². The van der Waals surface area contributed by atoms with Gasteiger partial charge in [0.2, 0.25) is 5.88 Å². The van der Waals surface area contributed by atoms with Gasteiger partial charge in [-0.05, 0) is 13.0 Å². The minimum absolute atomic E-state index is 0.00959. The Morgan fingerprint density at radius 2 is 2.25 bits per heavy atom. The van der Waals surface area contributed by atoms with E-state index in [1.807, 2.05) is 6.92 Å². The summed E-state index contributed by atoms with van der Waals surface area (Å²) in [5, 5.41) is 4.33. The van der Waals surface area contributed by atoms with Crippen LogP contribution in [0.1, 0.15) is 29.0 Å². The summed E-state index contributed by atoms with van der Waals surface area (Å²) < 4.78 is 18.8. The van der Waals surface area contributed by atoms with Gasteiger partial charge in [-0.1, -0.05) is 0 Å². The molecule has 0 radical (unpaired) electrons. The number of carbonyl (C=O) groups excluding carboxylic acids is 1. The fourth-order valence-corrected chi connectivity index (χ4v) is 3.71. The zero-order valence-electron chi connectivity index (χ0n) is 16.2. The number of ether oxygens (including phenoxy) is 3. The average molecular weight is 387 g/mol. The van der Waals surface area contributed by atoms with Crippen LogP contribution in [-0.4, -0.2) is 75.7 Å². The molecule has 1 spiro atoms. The fraction of sp³-hybridized carbons (Fsp3) is 0.579. The van der Waals surface area contributed by atoms with Crippen molar-refractivity contribution in [3.8, 4) is 5.88 Å². The number of methoxy groups -OCH3 is 1. The van der Waals surface area contributed by atoms with Crippen LogP contribution in [0, 0.1) is 6.92 Å². The molecule has 2 aliphatic heterocycles. The zero-order chi connectivity index (χ0) is 19.6. The first-order valence-corrected chi connectivity index (χ1v) is 9.48. The predicted octanol–water partition coefficient (Wildman–Crippen LogP) is 1.08. The third-order valence-electron chi connectivity index (χ3n) is 5.10. The molecule has 0 aliphatic carbocycles. The van der Waals surface area contributed by atoms with E-state index in [4.69, 9.17) is 14.2 Å². The second-order valence-electron chi connectivity index (χ2n) is 7.38. The van der Waals surface area contributed by atoms with E-state index in [9.17, 15) is 4.79 Å². The maximum Gasteiger partial charge on any atom is 0.274 e. The topological polar surface area (TPSA) is 91.6 Å². The third kappa shape index (κ3) is 4.00. The highest BCUT2D eigenvalue weighted by atomic mass is 16.5. The van der Waals surface area contributed by atoms with Crippen molar-refractivity contribution in [2.24, 2.45) is 0 Å². The molecular weight excluding hydrogens is 362 g/mol. The number of aromatic nitrogens is 4. The van der Waals surface area contributed by atoms with Crippen LogP contribution in [0.15, 0.2) is 24.7 Å². The van der Waals surface area contributed by atoms with Gasteiger partial charge in [-0.3, -0.25) is 14.5 Å². The average Bonchev–Trinajstić information content (AvgIpc) is 3.13. The number of amides is 1. The van der Waals surface area contributed by atoms with E-state index in [0.29, 0.717) is 44.4 Å². The summed E-state index contributed by atoms with van der Waals surface area (Å²) in [6.07, 6.45) is 6.67. The van der Waals surface area contributed by atoms with Crippen LogP contribution < -0.4 is 4.74 Å².